The molecule has 1 aliphatic rings. The third kappa shape index (κ3) is 3.59. The van der Waals surface area contributed by atoms with Crippen molar-refractivity contribution in [1.82, 2.24) is 10.2 Å². The molecule has 4 nitrogen and oxygen atoms in total. The Hall–Kier alpha value is -0.900. The maximum absolute atomic E-state index is 11.7. The molecule has 1 heterocycles. The smallest absolute Gasteiger partial charge is 0.246 e. The van der Waals surface area contributed by atoms with E-state index in [4.69, 9.17) is 0 Å². The Bertz CT molecular complexity index is 281. The van der Waals surface area contributed by atoms with Gasteiger partial charge in [0.25, 0.3) is 0 Å². The van der Waals surface area contributed by atoms with Crippen LogP contribution in [0.4, 0.5) is 0 Å². The molecule has 1 unspecified atom stereocenters. The van der Waals surface area contributed by atoms with Gasteiger partial charge in [-0.05, 0) is 24.8 Å². The Balaban J connectivity index is 2.38. The van der Waals surface area contributed by atoms with E-state index in [-0.39, 0.29) is 23.3 Å². The van der Waals surface area contributed by atoms with Gasteiger partial charge in [-0.1, -0.05) is 20.8 Å². The molecule has 1 rings (SSSR count). The van der Waals surface area contributed by atoms with E-state index in [9.17, 15) is 9.59 Å². The monoisotopic (exact) mass is 226 g/mol. The van der Waals surface area contributed by atoms with Crippen LogP contribution < -0.4 is 5.32 Å². The van der Waals surface area contributed by atoms with Crippen molar-refractivity contribution in [2.75, 3.05) is 13.6 Å². The van der Waals surface area contributed by atoms with Gasteiger partial charge in [0.05, 0.1) is 6.04 Å². The molecule has 0 bridgehead atoms. The van der Waals surface area contributed by atoms with Crippen molar-refractivity contribution in [2.24, 2.45) is 5.41 Å². The van der Waals surface area contributed by atoms with Crippen LogP contribution >= 0.6 is 0 Å². The molecule has 1 fully saturated rings. The molecule has 1 saturated heterocycles. The SMILES string of the molecule is CN1C(=O)CCC(NCCC(C)(C)C)C1=O. The largest absolute Gasteiger partial charge is 0.306 e. The Labute approximate surface area is 97.4 Å². The second-order valence-corrected chi connectivity index (χ2v) is 5.65. The highest BCUT2D eigenvalue weighted by Crippen LogP contribution is 2.18. The first kappa shape index (κ1) is 13.2. The first-order chi connectivity index (χ1) is 7.31. The summed E-state index contributed by atoms with van der Waals surface area (Å²) in [4.78, 5) is 24.2. The maximum atomic E-state index is 11.7. The fourth-order valence-electron chi connectivity index (χ4n) is 1.73. The molecule has 92 valence electrons. The van der Waals surface area contributed by atoms with Crippen LogP contribution in [0.2, 0.25) is 0 Å². The molecule has 0 aromatic heterocycles. The van der Waals surface area contributed by atoms with Crippen LogP contribution in [0.25, 0.3) is 0 Å². The van der Waals surface area contributed by atoms with Crippen LogP contribution in [0.15, 0.2) is 0 Å². The minimum Gasteiger partial charge on any atom is -0.306 e. The van der Waals surface area contributed by atoms with Crippen molar-refractivity contribution in [3.05, 3.63) is 0 Å². The molecule has 2 amide bonds. The van der Waals surface area contributed by atoms with Crippen LogP contribution in [-0.2, 0) is 9.59 Å². The molecule has 0 saturated carbocycles. The van der Waals surface area contributed by atoms with Gasteiger partial charge in [0.1, 0.15) is 0 Å². The number of likely N-dealkylation sites (tertiary alicyclic amines) is 1. The summed E-state index contributed by atoms with van der Waals surface area (Å²) in [6.07, 6.45) is 2.12. The van der Waals surface area contributed by atoms with E-state index in [0.29, 0.717) is 12.8 Å². The number of likely N-dealkylation sites (N-methyl/N-ethyl adjacent to an activating group) is 1. The molecule has 0 aliphatic carbocycles. The number of carbonyl (C=O) groups is 2. The maximum Gasteiger partial charge on any atom is 0.246 e. The van der Waals surface area contributed by atoms with Crippen molar-refractivity contribution in [2.45, 2.75) is 46.1 Å². The highest BCUT2D eigenvalue weighted by Gasteiger charge is 2.31. The summed E-state index contributed by atoms with van der Waals surface area (Å²) < 4.78 is 0. The first-order valence-corrected chi connectivity index (χ1v) is 5.85. The van der Waals surface area contributed by atoms with Crippen molar-refractivity contribution < 1.29 is 9.59 Å². The number of rotatable bonds is 3. The lowest BCUT2D eigenvalue weighted by molar-refractivity contribution is -0.148. The van der Waals surface area contributed by atoms with Gasteiger partial charge >= 0.3 is 0 Å². The van der Waals surface area contributed by atoms with E-state index >= 15 is 0 Å². The van der Waals surface area contributed by atoms with Crippen LogP contribution in [-0.4, -0.2) is 36.3 Å². The standard InChI is InChI=1S/C12H22N2O2/c1-12(2,3)7-8-13-9-5-6-10(15)14(4)11(9)16/h9,13H,5-8H2,1-4H3. The zero-order valence-corrected chi connectivity index (χ0v) is 10.7. The van der Waals surface area contributed by atoms with E-state index in [2.05, 4.69) is 26.1 Å². The summed E-state index contributed by atoms with van der Waals surface area (Å²) in [5.41, 5.74) is 0.270. The quantitative estimate of drug-likeness (QED) is 0.735. The lowest BCUT2D eigenvalue weighted by atomic mass is 9.92. The molecular formula is C12H22N2O2. The van der Waals surface area contributed by atoms with Crippen LogP contribution in [0.3, 0.4) is 0 Å². The van der Waals surface area contributed by atoms with Gasteiger partial charge in [-0.2, -0.15) is 0 Å². The Morgan fingerprint density at radius 1 is 1.38 bits per heavy atom. The number of amides is 2. The molecular weight excluding hydrogens is 204 g/mol. The number of piperidine rings is 1. The number of carbonyl (C=O) groups excluding carboxylic acids is 2. The summed E-state index contributed by atoms with van der Waals surface area (Å²) >= 11 is 0. The zero-order chi connectivity index (χ0) is 12.3. The zero-order valence-electron chi connectivity index (χ0n) is 10.7. The van der Waals surface area contributed by atoms with Gasteiger partial charge in [-0.15, -0.1) is 0 Å². The van der Waals surface area contributed by atoms with E-state index in [1.165, 1.54) is 4.90 Å². The predicted octanol–water partition coefficient (Wildman–Crippen LogP) is 1.16. The van der Waals surface area contributed by atoms with Crippen LogP contribution in [0.5, 0.6) is 0 Å². The number of nitrogens with one attached hydrogen (secondary N) is 1. The molecule has 0 aromatic carbocycles. The average Bonchev–Trinajstić information content (AvgIpc) is 2.16. The van der Waals surface area contributed by atoms with Crippen molar-refractivity contribution >= 4 is 11.8 Å². The highest BCUT2D eigenvalue weighted by molar-refractivity contribution is 6.00. The number of imide groups is 1. The molecule has 0 spiro atoms. The lowest BCUT2D eigenvalue weighted by Crippen LogP contribution is -2.51. The molecule has 1 N–H and O–H groups in total. The molecule has 1 aliphatic heterocycles. The van der Waals surface area contributed by atoms with E-state index in [0.717, 1.165) is 13.0 Å². The fourth-order valence-corrected chi connectivity index (χ4v) is 1.73. The second-order valence-electron chi connectivity index (χ2n) is 5.65. The Morgan fingerprint density at radius 3 is 2.56 bits per heavy atom. The number of nitrogens with zero attached hydrogens (tertiary/aromatic N) is 1. The average molecular weight is 226 g/mol. The van der Waals surface area contributed by atoms with E-state index in [1.54, 1.807) is 7.05 Å². The lowest BCUT2D eigenvalue weighted by Gasteiger charge is -2.29. The Kier molecular flexibility index (Phi) is 4.08. The van der Waals surface area contributed by atoms with E-state index in [1.807, 2.05) is 0 Å². The Morgan fingerprint density at radius 2 is 2.00 bits per heavy atom. The molecule has 0 radical (unpaired) electrons. The minimum atomic E-state index is -0.176. The molecule has 0 aromatic rings. The number of hydrogen-bond donors (Lipinski definition) is 1. The van der Waals surface area contributed by atoms with Crippen LogP contribution in [0.1, 0.15) is 40.0 Å². The third-order valence-electron chi connectivity index (χ3n) is 2.92. The fraction of sp³-hybridized carbons (Fsp3) is 0.833. The first-order valence-electron chi connectivity index (χ1n) is 5.85. The van der Waals surface area contributed by atoms with Gasteiger partial charge in [0.2, 0.25) is 11.8 Å². The van der Waals surface area contributed by atoms with Gasteiger partial charge in [-0.25, -0.2) is 0 Å². The van der Waals surface area contributed by atoms with Crippen LogP contribution in [0, 0.1) is 5.41 Å². The summed E-state index contributed by atoms with van der Waals surface area (Å²) in [6, 6.07) is -0.176. The molecule has 1 atom stereocenters. The molecule has 4 heteroatoms. The predicted molar refractivity (Wildman–Crippen MR) is 62.9 cm³/mol. The topological polar surface area (TPSA) is 49.4 Å². The van der Waals surface area contributed by atoms with Crippen molar-refractivity contribution in [3.63, 3.8) is 0 Å². The third-order valence-corrected chi connectivity index (χ3v) is 2.92. The van der Waals surface area contributed by atoms with Gasteiger partial charge in [-0.3, -0.25) is 14.5 Å². The summed E-state index contributed by atoms with van der Waals surface area (Å²) in [5.74, 6) is -0.163. The molecule has 16 heavy (non-hydrogen) atoms. The summed E-state index contributed by atoms with van der Waals surface area (Å²) in [5, 5.41) is 3.24. The number of hydrogen-bond acceptors (Lipinski definition) is 3. The minimum absolute atomic E-state index is 0.0705. The normalized spacial score (nSPS) is 22.8. The van der Waals surface area contributed by atoms with E-state index < -0.39 is 0 Å². The summed E-state index contributed by atoms with van der Waals surface area (Å²) in [6.45, 7) is 7.34. The van der Waals surface area contributed by atoms with Gasteiger partial charge < -0.3 is 5.32 Å². The van der Waals surface area contributed by atoms with Gasteiger partial charge in [0, 0.05) is 13.5 Å². The highest BCUT2D eigenvalue weighted by atomic mass is 16.2. The van der Waals surface area contributed by atoms with Crippen molar-refractivity contribution in [3.8, 4) is 0 Å². The van der Waals surface area contributed by atoms with Crippen molar-refractivity contribution in [1.29, 1.82) is 0 Å². The summed E-state index contributed by atoms with van der Waals surface area (Å²) in [7, 11) is 1.56. The van der Waals surface area contributed by atoms with Gasteiger partial charge in [0.15, 0.2) is 0 Å². The second kappa shape index (κ2) is 4.95.